The van der Waals surface area contributed by atoms with Gasteiger partial charge in [-0.1, -0.05) is 65.9 Å². The normalized spacial score (nSPS) is 15.4. The van der Waals surface area contributed by atoms with E-state index < -0.39 is 12.0 Å². The molecule has 1 aliphatic rings. The van der Waals surface area contributed by atoms with E-state index in [0.29, 0.717) is 33.0 Å². The minimum Gasteiger partial charge on any atom is -0.493 e. The molecule has 0 saturated heterocycles. The lowest BCUT2D eigenvalue weighted by Gasteiger charge is -2.23. The minimum absolute atomic E-state index is 0.145. The first-order valence-electron chi connectivity index (χ1n) is 11.6. The average Bonchev–Trinajstić information content (AvgIpc) is 3.52. The summed E-state index contributed by atoms with van der Waals surface area (Å²) in [5.41, 5.74) is 2.43. The highest BCUT2D eigenvalue weighted by Gasteiger charge is 2.34. The smallest absolute Gasteiger partial charge is 0.338 e. The molecule has 0 fully saturated rings. The number of carbonyl (C=O) groups is 1. The zero-order valence-corrected chi connectivity index (χ0v) is 21.5. The Bertz CT molecular complexity index is 1600. The fourth-order valence-electron chi connectivity index (χ4n) is 4.13. The van der Waals surface area contributed by atoms with Gasteiger partial charge in [-0.05, 0) is 43.0 Å². The van der Waals surface area contributed by atoms with E-state index in [2.05, 4.69) is 4.99 Å². The molecule has 0 saturated carbocycles. The second kappa shape index (κ2) is 10.5. The maximum Gasteiger partial charge on any atom is 0.338 e. The van der Waals surface area contributed by atoms with Crippen LogP contribution in [0, 0.1) is 0 Å². The molecule has 0 N–H and O–H groups in total. The number of thiazole rings is 1. The van der Waals surface area contributed by atoms with Crippen molar-refractivity contribution in [2.24, 2.45) is 4.99 Å². The number of aromatic nitrogens is 1. The number of esters is 1. The van der Waals surface area contributed by atoms with Gasteiger partial charge >= 0.3 is 5.97 Å². The first kappa shape index (κ1) is 24.0. The molecule has 0 radical (unpaired) electrons. The molecule has 1 atom stereocenters. The Kier molecular flexibility index (Phi) is 6.97. The van der Waals surface area contributed by atoms with Gasteiger partial charge in [0.15, 0.2) is 4.80 Å². The molecular formula is C28H24N2O4S2. The molecule has 0 aliphatic carbocycles. The summed E-state index contributed by atoms with van der Waals surface area (Å²) in [6, 6.07) is 20.4. The van der Waals surface area contributed by atoms with Crippen LogP contribution in [0.3, 0.4) is 0 Å². The molecule has 8 heteroatoms. The molecule has 0 bridgehead atoms. The summed E-state index contributed by atoms with van der Waals surface area (Å²) in [4.78, 5) is 33.2. The van der Waals surface area contributed by atoms with E-state index in [-0.39, 0.29) is 12.2 Å². The van der Waals surface area contributed by atoms with Crippen LogP contribution >= 0.6 is 22.7 Å². The van der Waals surface area contributed by atoms with Gasteiger partial charge in [0.1, 0.15) is 18.4 Å². The van der Waals surface area contributed by atoms with E-state index >= 15 is 0 Å². The van der Waals surface area contributed by atoms with E-state index in [1.165, 1.54) is 22.7 Å². The van der Waals surface area contributed by atoms with Gasteiger partial charge in [-0.2, -0.15) is 0 Å². The highest BCUT2D eigenvalue weighted by atomic mass is 32.1. The number of fused-ring (bicyclic) bond motifs is 1. The molecule has 182 valence electrons. The van der Waals surface area contributed by atoms with E-state index in [1.807, 2.05) is 85.1 Å². The Morgan fingerprint density at radius 3 is 2.61 bits per heavy atom. The maximum atomic E-state index is 13.7. The number of nitrogens with zero attached hydrogens (tertiary/aromatic N) is 2. The number of thiophene rings is 1. The summed E-state index contributed by atoms with van der Waals surface area (Å²) >= 11 is 2.80. The fourth-order valence-corrected chi connectivity index (χ4v) is 5.99. The van der Waals surface area contributed by atoms with E-state index in [4.69, 9.17) is 9.47 Å². The van der Waals surface area contributed by atoms with Crippen LogP contribution in [0.5, 0.6) is 5.75 Å². The summed E-state index contributed by atoms with van der Waals surface area (Å²) < 4.78 is 13.5. The van der Waals surface area contributed by atoms with Crippen LogP contribution in [0.15, 0.2) is 93.2 Å². The summed E-state index contributed by atoms with van der Waals surface area (Å²) in [7, 11) is 0. The molecule has 2 aromatic carbocycles. The predicted octanol–water partition coefficient (Wildman–Crippen LogP) is 4.44. The molecule has 36 heavy (non-hydrogen) atoms. The summed E-state index contributed by atoms with van der Waals surface area (Å²) in [5, 5.41) is 1.94. The first-order chi connectivity index (χ1) is 17.6. The van der Waals surface area contributed by atoms with Crippen LogP contribution in [0.25, 0.3) is 6.08 Å². The Balaban J connectivity index is 1.59. The predicted molar refractivity (Wildman–Crippen MR) is 142 cm³/mol. The summed E-state index contributed by atoms with van der Waals surface area (Å²) in [6.45, 7) is 4.39. The number of para-hydroxylation sites is 1. The lowest BCUT2D eigenvalue weighted by Crippen LogP contribution is -2.39. The van der Waals surface area contributed by atoms with Crippen molar-refractivity contribution in [3.63, 3.8) is 0 Å². The third-order valence-corrected chi connectivity index (χ3v) is 7.68. The topological polar surface area (TPSA) is 69.9 Å². The average molecular weight is 517 g/mol. The maximum absolute atomic E-state index is 13.7. The minimum atomic E-state index is -0.603. The highest BCUT2D eigenvalue weighted by molar-refractivity contribution is 7.10. The van der Waals surface area contributed by atoms with Crippen LogP contribution in [-0.4, -0.2) is 17.1 Å². The summed E-state index contributed by atoms with van der Waals surface area (Å²) in [5.74, 6) is 0.233. The quantitative estimate of drug-likeness (QED) is 0.341. The number of hydrogen-bond donors (Lipinski definition) is 0. The molecule has 2 aromatic heterocycles. The molecular weight excluding hydrogens is 492 g/mol. The van der Waals surface area contributed by atoms with E-state index in [0.717, 1.165) is 16.0 Å². The molecule has 0 spiro atoms. The number of ether oxygens (including phenoxy) is 2. The van der Waals surface area contributed by atoms with Crippen LogP contribution < -0.4 is 19.6 Å². The van der Waals surface area contributed by atoms with Gasteiger partial charge in [0.2, 0.25) is 0 Å². The number of rotatable bonds is 7. The molecule has 3 heterocycles. The molecule has 0 amide bonds. The number of benzene rings is 2. The largest absolute Gasteiger partial charge is 0.493 e. The van der Waals surface area contributed by atoms with Crippen LogP contribution in [-0.2, 0) is 16.1 Å². The van der Waals surface area contributed by atoms with Gasteiger partial charge in [0.25, 0.3) is 5.56 Å². The SMILES string of the molecule is CCOc1ccccc1/C=c1/sc2n(c1=O)[C@H](c1cccs1)C(C(=O)OCc1ccccc1)=C(C)N=2. The first-order valence-corrected chi connectivity index (χ1v) is 13.2. The second-order valence-electron chi connectivity index (χ2n) is 8.13. The van der Waals surface area contributed by atoms with E-state index in [1.54, 1.807) is 11.5 Å². The third-order valence-electron chi connectivity index (χ3n) is 5.77. The lowest BCUT2D eigenvalue weighted by atomic mass is 10.0. The zero-order valence-electron chi connectivity index (χ0n) is 19.8. The molecule has 6 nitrogen and oxygen atoms in total. The van der Waals surface area contributed by atoms with Gasteiger partial charge in [-0.25, -0.2) is 9.79 Å². The van der Waals surface area contributed by atoms with Gasteiger partial charge in [-0.3, -0.25) is 9.36 Å². The highest BCUT2D eigenvalue weighted by Crippen LogP contribution is 2.33. The number of carbonyl (C=O) groups excluding carboxylic acids is 1. The van der Waals surface area contributed by atoms with Gasteiger partial charge in [0.05, 0.1) is 22.4 Å². The Morgan fingerprint density at radius 1 is 1.08 bits per heavy atom. The zero-order chi connectivity index (χ0) is 25.1. The lowest BCUT2D eigenvalue weighted by molar-refractivity contribution is -0.140. The van der Waals surface area contributed by atoms with Crippen molar-refractivity contribution in [1.82, 2.24) is 4.57 Å². The van der Waals surface area contributed by atoms with Crippen molar-refractivity contribution in [2.75, 3.05) is 6.61 Å². The molecule has 4 aromatic rings. The van der Waals surface area contributed by atoms with Crippen molar-refractivity contribution in [3.05, 3.63) is 119 Å². The van der Waals surface area contributed by atoms with Crippen molar-refractivity contribution in [3.8, 4) is 5.75 Å². The fraction of sp³-hybridized carbons (Fsp3) is 0.179. The van der Waals surface area contributed by atoms with Crippen molar-refractivity contribution in [1.29, 1.82) is 0 Å². The van der Waals surface area contributed by atoms with Gasteiger partial charge in [-0.15, -0.1) is 11.3 Å². The van der Waals surface area contributed by atoms with Gasteiger partial charge in [0, 0.05) is 10.4 Å². The van der Waals surface area contributed by atoms with Crippen molar-refractivity contribution < 1.29 is 14.3 Å². The second-order valence-corrected chi connectivity index (χ2v) is 10.1. The number of hydrogen-bond acceptors (Lipinski definition) is 7. The van der Waals surface area contributed by atoms with E-state index in [9.17, 15) is 9.59 Å². The monoisotopic (exact) mass is 516 g/mol. The molecule has 5 rings (SSSR count). The van der Waals surface area contributed by atoms with Crippen LogP contribution in [0.1, 0.15) is 35.9 Å². The Morgan fingerprint density at radius 2 is 1.86 bits per heavy atom. The van der Waals surface area contributed by atoms with Crippen LogP contribution in [0.2, 0.25) is 0 Å². The Hall–Kier alpha value is -3.75. The van der Waals surface area contributed by atoms with Crippen LogP contribution in [0.4, 0.5) is 0 Å². The standard InChI is InChI=1S/C28H24N2O4S2/c1-3-33-21-13-8-7-12-20(21)16-23-26(31)30-25(22-14-9-15-35-22)24(18(2)29-28(30)36-23)27(32)34-17-19-10-5-4-6-11-19/h4-16,25H,3,17H2,1-2H3/b23-16+/t25-/m1/s1. The van der Waals surface area contributed by atoms with Crippen molar-refractivity contribution in [2.45, 2.75) is 26.5 Å². The van der Waals surface area contributed by atoms with Crippen molar-refractivity contribution >= 4 is 34.7 Å². The third kappa shape index (κ3) is 4.69. The van der Waals surface area contributed by atoms with Gasteiger partial charge < -0.3 is 9.47 Å². The Labute approximate surface area is 216 Å². The number of allylic oxidation sites excluding steroid dienone is 1. The molecule has 1 aliphatic heterocycles. The summed E-state index contributed by atoms with van der Waals surface area (Å²) in [6.07, 6.45) is 1.83. The molecule has 0 unspecified atom stereocenters.